The number of hydrogen-bond donors (Lipinski definition) is 1. The number of aromatic nitrogens is 5. The van der Waals surface area contributed by atoms with Crippen molar-refractivity contribution >= 4 is 17.1 Å². The number of aryl methyl sites for hydroxylation is 2. The average Bonchev–Trinajstić information content (AvgIpc) is 3.29. The average molecular weight is 338 g/mol. The monoisotopic (exact) mass is 338 g/mol. The normalized spacial score (nSPS) is 18.0. The van der Waals surface area contributed by atoms with Crippen molar-refractivity contribution in [2.45, 2.75) is 31.6 Å². The molecular formula is C18H22N6O. The third-order valence-electron chi connectivity index (χ3n) is 5.02. The second kappa shape index (κ2) is 6.66. The predicted molar refractivity (Wildman–Crippen MR) is 94.0 cm³/mol. The van der Waals surface area contributed by atoms with Gasteiger partial charge in [0.1, 0.15) is 11.3 Å². The number of pyridine rings is 1. The lowest BCUT2D eigenvalue weighted by Gasteiger charge is -2.32. The number of H-pyrrole nitrogens is 1. The van der Waals surface area contributed by atoms with E-state index in [1.807, 2.05) is 34.7 Å². The molecule has 1 amide bonds. The minimum atomic E-state index is 0.198. The van der Waals surface area contributed by atoms with Crippen LogP contribution >= 0.6 is 0 Å². The number of piperidine rings is 1. The largest absolute Gasteiger partial charge is 0.342 e. The van der Waals surface area contributed by atoms with Crippen molar-refractivity contribution in [3.63, 3.8) is 0 Å². The van der Waals surface area contributed by atoms with Gasteiger partial charge in [0, 0.05) is 57.0 Å². The first kappa shape index (κ1) is 15.8. The maximum absolute atomic E-state index is 12.7. The Bertz CT molecular complexity index is 869. The summed E-state index contributed by atoms with van der Waals surface area (Å²) < 4.78 is 1.98. The van der Waals surface area contributed by atoms with E-state index in [-0.39, 0.29) is 5.91 Å². The zero-order valence-corrected chi connectivity index (χ0v) is 14.4. The summed E-state index contributed by atoms with van der Waals surface area (Å²) in [5, 5.41) is 7.07. The van der Waals surface area contributed by atoms with Crippen LogP contribution in [0.5, 0.6) is 0 Å². The van der Waals surface area contributed by atoms with Crippen molar-refractivity contribution in [3.8, 4) is 0 Å². The SMILES string of the molecule is Cn1c(CCC(=O)N2CCCC(c3ccn[nH]3)C2)nc2cccnc21. The van der Waals surface area contributed by atoms with Gasteiger partial charge >= 0.3 is 0 Å². The molecule has 7 heteroatoms. The van der Waals surface area contributed by atoms with E-state index in [0.29, 0.717) is 18.8 Å². The minimum Gasteiger partial charge on any atom is -0.342 e. The summed E-state index contributed by atoms with van der Waals surface area (Å²) in [6.07, 6.45) is 6.79. The molecule has 0 bridgehead atoms. The highest BCUT2D eigenvalue weighted by Gasteiger charge is 2.25. The fraction of sp³-hybridized carbons (Fsp3) is 0.444. The van der Waals surface area contributed by atoms with Crippen molar-refractivity contribution in [3.05, 3.63) is 42.1 Å². The first-order chi connectivity index (χ1) is 12.2. The van der Waals surface area contributed by atoms with E-state index in [9.17, 15) is 4.79 Å². The minimum absolute atomic E-state index is 0.198. The number of aromatic amines is 1. The number of hydrogen-bond acceptors (Lipinski definition) is 4. The van der Waals surface area contributed by atoms with Crippen LogP contribution in [0.1, 0.15) is 36.7 Å². The molecule has 25 heavy (non-hydrogen) atoms. The molecule has 1 aliphatic heterocycles. The molecule has 1 unspecified atom stereocenters. The molecule has 4 heterocycles. The molecule has 0 spiro atoms. The third kappa shape index (κ3) is 3.14. The summed E-state index contributed by atoms with van der Waals surface area (Å²) in [6, 6.07) is 5.84. The Balaban J connectivity index is 1.40. The van der Waals surface area contributed by atoms with Crippen LogP contribution in [-0.4, -0.2) is 48.6 Å². The number of nitrogens with one attached hydrogen (secondary N) is 1. The Labute approximate surface area is 146 Å². The van der Waals surface area contributed by atoms with Gasteiger partial charge in [0.2, 0.25) is 5.91 Å². The second-order valence-electron chi connectivity index (χ2n) is 6.62. The molecule has 4 rings (SSSR count). The molecule has 130 valence electrons. The smallest absolute Gasteiger partial charge is 0.223 e. The van der Waals surface area contributed by atoms with E-state index in [0.717, 1.165) is 48.6 Å². The van der Waals surface area contributed by atoms with Crippen LogP contribution in [0.2, 0.25) is 0 Å². The number of carbonyl (C=O) groups excluding carboxylic acids is 1. The lowest BCUT2D eigenvalue weighted by molar-refractivity contribution is -0.132. The van der Waals surface area contributed by atoms with Gasteiger partial charge in [0.15, 0.2) is 5.65 Å². The molecule has 3 aromatic rings. The Kier molecular flexibility index (Phi) is 4.21. The van der Waals surface area contributed by atoms with Gasteiger partial charge in [-0.3, -0.25) is 9.89 Å². The van der Waals surface area contributed by atoms with E-state index in [4.69, 9.17) is 0 Å². The molecule has 1 fully saturated rings. The molecule has 1 aliphatic rings. The zero-order valence-electron chi connectivity index (χ0n) is 14.4. The third-order valence-corrected chi connectivity index (χ3v) is 5.02. The Morgan fingerprint density at radius 3 is 3.08 bits per heavy atom. The number of nitrogens with zero attached hydrogens (tertiary/aromatic N) is 5. The fourth-order valence-electron chi connectivity index (χ4n) is 3.62. The molecule has 0 saturated carbocycles. The standard InChI is InChI=1S/C18H22N6O/c1-23-16(21-15-5-2-9-19-18(15)23)6-7-17(25)24-11-3-4-13(12-24)14-8-10-20-22-14/h2,5,8-10,13H,3-4,6-7,11-12H2,1H3,(H,20,22). The highest BCUT2D eigenvalue weighted by Crippen LogP contribution is 2.25. The number of likely N-dealkylation sites (tertiary alicyclic amines) is 1. The summed E-state index contributed by atoms with van der Waals surface area (Å²) in [7, 11) is 1.96. The lowest BCUT2D eigenvalue weighted by atomic mass is 9.94. The molecule has 0 aliphatic carbocycles. The number of carbonyl (C=O) groups is 1. The van der Waals surface area contributed by atoms with Crippen LogP contribution in [0, 0.1) is 0 Å². The maximum atomic E-state index is 12.7. The fourth-order valence-corrected chi connectivity index (χ4v) is 3.62. The summed E-state index contributed by atoms with van der Waals surface area (Å²) in [5.74, 6) is 1.47. The van der Waals surface area contributed by atoms with Gasteiger partial charge in [-0.05, 0) is 31.0 Å². The summed E-state index contributed by atoms with van der Waals surface area (Å²) in [4.78, 5) is 23.6. The first-order valence-corrected chi connectivity index (χ1v) is 8.76. The predicted octanol–water partition coefficient (Wildman–Crippen LogP) is 2.03. The van der Waals surface area contributed by atoms with Crippen molar-refractivity contribution in [1.82, 2.24) is 29.6 Å². The highest BCUT2D eigenvalue weighted by atomic mass is 16.2. The van der Waals surface area contributed by atoms with Gasteiger partial charge < -0.3 is 9.47 Å². The molecule has 7 nitrogen and oxygen atoms in total. The van der Waals surface area contributed by atoms with E-state index >= 15 is 0 Å². The van der Waals surface area contributed by atoms with Crippen molar-refractivity contribution in [2.24, 2.45) is 7.05 Å². The van der Waals surface area contributed by atoms with E-state index < -0.39 is 0 Å². The van der Waals surface area contributed by atoms with Crippen LogP contribution in [0.15, 0.2) is 30.6 Å². The number of imidazole rings is 1. The van der Waals surface area contributed by atoms with Gasteiger partial charge in [-0.25, -0.2) is 9.97 Å². The maximum Gasteiger partial charge on any atom is 0.223 e. The lowest BCUT2D eigenvalue weighted by Crippen LogP contribution is -2.39. The van der Waals surface area contributed by atoms with Crippen molar-refractivity contribution in [2.75, 3.05) is 13.1 Å². The molecule has 0 aromatic carbocycles. The molecule has 0 radical (unpaired) electrons. The summed E-state index contributed by atoms with van der Waals surface area (Å²) in [5.41, 5.74) is 2.87. The highest BCUT2D eigenvalue weighted by molar-refractivity contribution is 5.77. The molecule has 1 N–H and O–H groups in total. The molecule has 3 aromatic heterocycles. The topological polar surface area (TPSA) is 79.7 Å². The van der Waals surface area contributed by atoms with Crippen LogP contribution < -0.4 is 0 Å². The van der Waals surface area contributed by atoms with Gasteiger partial charge in [-0.1, -0.05) is 0 Å². The number of rotatable bonds is 4. The van der Waals surface area contributed by atoms with Gasteiger partial charge in [0.05, 0.1) is 0 Å². The van der Waals surface area contributed by atoms with E-state index in [1.54, 1.807) is 12.4 Å². The Morgan fingerprint density at radius 1 is 1.36 bits per heavy atom. The van der Waals surface area contributed by atoms with Gasteiger partial charge in [0.25, 0.3) is 0 Å². The summed E-state index contributed by atoms with van der Waals surface area (Å²) >= 11 is 0. The van der Waals surface area contributed by atoms with E-state index in [1.165, 1.54) is 0 Å². The Morgan fingerprint density at radius 2 is 2.28 bits per heavy atom. The molecular weight excluding hydrogens is 316 g/mol. The van der Waals surface area contributed by atoms with Crippen LogP contribution in [0.3, 0.4) is 0 Å². The van der Waals surface area contributed by atoms with Crippen LogP contribution in [0.25, 0.3) is 11.2 Å². The van der Waals surface area contributed by atoms with Gasteiger partial charge in [-0.15, -0.1) is 0 Å². The van der Waals surface area contributed by atoms with Crippen LogP contribution in [0.4, 0.5) is 0 Å². The zero-order chi connectivity index (χ0) is 17.2. The van der Waals surface area contributed by atoms with Crippen molar-refractivity contribution < 1.29 is 4.79 Å². The van der Waals surface area contributed by atoms with Crippen molar-refractivity contribution in [1.29, 1.82) is 0 Å². The van der Waals surface area contributed by atoms with Crippen LogP contribution in [-0.2, 0) is 18.3 Å². The second-order valence-corrected chi connectivity index (χ2v) is 6.62. The Hall–Kier alpha value is -2.70. The van der Waals surface area contributed by atoms with Gasteiger partial charge in [-0.2, -0.15) is 5.10 Å². The van der Waals surface area contributed by atoms with E-state index in [2.05, 4.69) is 20.2 Å². The quantitative estimate of drug-likeness (QED) is 0.789. The summed E-state index contributed by atoms with van der Waals surface area (Å²) in [6.45, 7) is 1.61. The number of fused-ring (bicyclic) bond motifs is 1. The molecule has 1 atom stereocenters. The number of amides is 1. The first-order valence-electron chi connectivity index (χ1n) is 8.76. The molecule has 1 saturated heterocycles.